The number of aromatic nitrogens is 2. The summed E-state index contributed by atoms with van der Waals surface area (Å²) in [5, 5.41) is 4.14. The first kappa shape index (κ1) is 20.4. The Labute approximate surface area is 182 Å². The summed E-state index contributed by atoms with van der Waals surface area (Å²) in [6.07, 6.45) is 1.51. The van der Waals surface area contributed by atoms with Gasteiger partial charge in [0.25, 0.3) is 0 Å². The minimum absolute atomic E-state index is 0.204. The third-order valence-corrected chi connectivity index (χ3v) is 5.19. The largest absolute Gasteiger partial charge is 0.493 e. The first-order valence-electron chi connectivity index (χ1n) is 9.48. The number of nitrogens with zero attached hydrogens (tertiary/aromatic N) is 3. The molecule has 0 radical (unpaired) electrons. The summed E-state index contributed by atoms with van der Waals surface area (Å²) in [5.41, 5.74) is 1.64. The first-order chi connectivity index (χ1) is 14.6. The number of anilines is 2. The molecule has 1 saturated heterocycles. The molecule has 3 aromatic rings. The molecule has 1 aromatic heterocycles. The summed E-state index contributed by atoms with van der Waals surface area (Å²) in [4.78, 5) is 22.2. The van der Waals surface area contributed by atoms with Gasteiger partial charge in [0.1, 0.15) is 25.4 Å². The molecule has 0 aliphatic carbocycles. The van der Waals surface area contributed by atoms with Crippen molar-refractivity contribution in [1.29, 1.82) is 0 Å². The van der Waals surface area contributed by atoms with Crippen LogP contribution in [0.3, 0.4) is 0 Å². The minimum Gasteiger partial charge on any atom is -0.493 e. The molecule has 2 aromatic carbocycles. The molecule has 1 aliphatic heterocycles. The van der Waals surface area contributed by atoms with Gasteiger partial charge in [0.15, 0.2) is 11.5 Å². The lowest BCUT2D eigenvalue weighted by Crippen LogP contribution is -2.41. The quantitative estimate of drug-likeness (QED) is 0.523. The fraction of sp³-hybridized carbons (Fsp3) is 0.286. The smallest absolute Gasteiger partial charge is 0.320 e. The van der Waals surface area contributed by atoms with E-state index < -0.39 is 0 Å². The zero-order chi connectivity index (χ0) is 20.9. The summed E-state index contributed by atoms with van der Waals surface area (Å²) in [7, 11) is 1.59. The molecule has 0 spiro atoms. The molecular formula is C21H21BrN4O4. The van der Waals surface area contributed by atoms with Crippen LogP contribution in [-0.4, -0.2) is 60.8 Å². The van der Waals surface area contributed by atoms with Crippen molar-refractivity contribution in [2.45, 2.75) is 0 Å². The van der Waals surface area contributed by atoms with E-state index in [0.717, 1.165) is 21.1 Å². The molecule has 0 unspecified atom stereocenters. The number of hydrogen-bond acceptors (Lipinski definition) is 8. The van der Waals surface area contributed by atoms with E-state index in [9.17, 15) is 4.79 Å². The molecule has 0 amide bonds. The number of fused-ring (bicyclic) bond motifs is 1. The Morgan fingerprint density at radius 2 is 2.13 bits per heavy atom. The van der Waals surface area contributed by atoms with Crippen LogP contribution in [0.1, 0.15) is 0 Å². The van der Waals surface area contributed by atoms with Gasteiger partial charge >= 0.3 is 5.97 Å². The van der Waals surface area contributed by atoms with E-state index in [-0.39, 0.29) is 12.5 Å². The second kappa shape index (κ2) is 9.27. The molecule has 30 heavy (non-hydrogen) atoms. The Morgan fingerprint density at radius 3 is 2.93 bits per heavy atom. The van der Waals surface area contributed by atoms with E-state index in [1.54, 1.807) is 7.11 Å². The number of hydrogen-bond donors (Lipinski definition) is 1. The highest BCUT2D eigenvalue weighted by atomic mass is 79.9. The third kappa shape index (κ3) is 4.80. The van der Waals surface area contributed by atoms with Crippen molar-refractivity contribution >= 4 is 44.3 Å². The van der Waals surface area contributed by atoms with E-state index in [1.165, 1.54) is 6.33 Å². The average molecular weight is 473 g/mol. The van der Waals surface area contributed by atoms with Crippen molar-refractivity contribution in [2.75, 3.05) is 45.3 Å². The second-order valence-corrected chi connectivity index (χ2v) is 7.64. The van der Waals surface area contributed by atoms with E-state index in [0.29, 0.717) is 43.6 Å². The average Bonchev–Trinajstić information content (AvgIpc) is 2.74. The van der Waals surface area contributed by atoms with Gasteiger partial charge in [-0.1, -0.05) is 22.0 Å². The number of esters is 1. The van der Waals surface area contributed by atoms with Gasteiger partial charge in [0.05, 0.1) is 19.2 Å². The Kier molecular flexibility index (Phi) is 6.29. The number of cyclic esters (lactones) is 1. The van der Waals surface area contributed by atoms with Crippen LogP contribution in [0, 0.1) is 0 Å². The van der Waals surface area contributed by atoms with Gasteiger partial charge in [-0.3, -0.25) is 9.69 Å². The van der Waals surface area contributed by atoms with Crippen molar-refractivity contribution in [3.8, 4) is 11.5 Å². The van der Waals surface area contributed by atoms with Gasteiger partial charge in [0.2, 0.25) is 0 Å². The highest BCUT2D eigenvalue weighted by Crippen LogP contribution is 2.35. The number of carbonyl (C=O) groups excluding carboxylic acids is 1. The molecular weight excluding hydrogens is 452 g/mol. The maximum absolute atomic E-state index is 11.4. The van der Waals surface area contributed by atoms with Crippen LogP contribution < -0.4 is 14.8 Å². The van der Waals surface area contributed by atoms with Gasteiger partial charge in [0, 0.05) is 34.7 Å². The Balaban J connectivity index is 1.55. The molecule has 156 valence electrons. The number of halogens is 1. The summed E-state index contributed by atoms with van der Waals surface area (Å²) >= 11 is 3.48. The van der Waals surface area contributed by atoms with E-state index in [4.69, 9.17) is 14.2 Å². The number of carbonyl (C=O) groups is 1. The predicted octanol–water partition coefficient (Wildman–Crippen LogP) is 3.38. The molecule has 2 heterocycles. The maximum Gasteiger partial charge on any atom is 0.320 e. The van der Waals surface area contributed by atoms with Crippen LogP contribution >= 0.6 is 15.9 Å². The predicted molar refractivity (Wildman–Crippen MR) is 116 cm³/mol. The maximum atomic E-state index is 11.4. The van der Waals surface area contributed by atoms with Crippen LogP contribution in [0.5, 0.6) is 11.5 Å². The second-order valence-electron chi connectivity index (χ2n) is 6.72. The van der Waals surface area contributed by atoms with Gasteiger partial charge in [-0.15, -0.1) is 0 Å². The zero-order valence-electron chi connectivity index (χ0n) is 16.4. The van der Waals surface area contributed by atoms with Crippen LogP contribution in [0.15, 0.2) is 47.2 Å². The molecule has 8 nitrogen and oxygen atoms in total. The summed E-state index contributed by atoms with van der Waals surface area (Å²) in [6, 6.07) is 11.5. The summed E-state index contributed by atoms with van der Waals surface area (Å²) in [6.45, 7) is 2.44. The lowest BCUT2D eigenvalue weighted by Gasteiger charge is -2.25. The fourth-order valence-electron chi connectivity index (χ4n) is 3.21. The summed E-state index contributed by atoms with van der Waals surface area (Å²) < 4.78 is 17.4. The van der Waals surface area contributed by atoms with Crippen molar-refractivity contribution in [1.82, 2.24) is 14.9 Å². The molecule has 0 atom stereocenters. The van der Waals surface area contributed by atoms with Crippen molar-refractivity contribution in [2.24, 2.45) is 0 Å². The highest BCUT2D eigenvalue weighted by molar-refractivity contribution is 9.10. The number of rotatable bonds is 7. The van der Waals surface area contributed by atoms with Gasteiger partial charge in [-0.05, 0) is 24.3 Å². The van der Waals surface area contributed by atoms with E-state index >= 15 is 0 Å². The molecule has 1 N–H and O–H groups in total. The van der Waals surface area contributed by atoms with Gasteiger partial charge in [-0.25, -0.2) is 9.97 Å². The fourth-order valence-corrected chi connectivity index (χ4v) is 3.61. The van der Waals surface area contributed by atoms with E-state index in [2.05, 4.69) is 31.2 Å². The molecule has 4 rings (SSSR count). The Morgan fingerprint density at radius 1 is 1.23 bits per heavy atom. The normalized spacial score (nSPS) is 14.4. The number of ether oxygens (including phenoxy) is 3. The van der Waals surface area contributed by atoms with Crippen molar-refractivity contribution in [3.05, 3.63) is 47.2 Å². The van der Waals surface area contributed by atoms with Crippen LogP contribution in [-0.2, 0) is 9.53 Å². The third-order valence-electron chi connectivity index (χ3n) is 4.70. The lowest BCUT2D eigenvalue weighted by molar-refractivity contribution is -0.150. The lowest BCUT2D eigenvalue weighted by atomic mass is 10.2. The SMILES string of the molecule is COc1cc2ncnc(Nc3cccc(Br)c3)c2cc1OCCN1CCOC(=O)C1. The van der Waals surface area contributed by atoms with E-state index in [1.807, 2.05) is 41.3 Å². The van der Waals surface area contributed by atoms with Crippen LogP contribution in [0.4, 0.5) is 11.5 Å². The topological polar surface area (TPSA) is 85.8 Å². The first-order valence-corrected chi connectivity index (χ1v) is 10.3. The molecule has 0 bridgehead atoms. The van der Waals surface area contributed by atoms with Gasteiger partial charge in [-0.2, -0.15) is 0 Å². The molecule has 0 saturated carbocycles. The molecule has 1 fully saturated rings. The Hall–Kier alpha value is -2.91. The number of morpholine rings is 1. The number of nitrogens with one attached hydrogen (secondary N) is 1. The van der Waals surface area contributed by atoms with Crippen molar-refractivity contribution in [3.63, 3.8) is 0 Å². The monoisotopic (exact) mass is 472 g/mol. The standard InChI is InChI=1S/C21H21BrN4O4/c1-28-18-11-17-16(10-19(18)29-7-5-26-6-8-30-20(27)12-26)21(24-13-23-17)25-15-4-2-3-14(22)9-15/h2-4,9-11,13H,5-8,12H2,1H3,(H,23,24,25). The zero-order valence-corrected chi connectivity index (χ0v) is 18.0. The minimum atomic E-state index is -0.204. The number of benzene rings is 2. The van der Waals surface area contributed by atoms with Crippen LogP contribution in [0.2, 0.25) is 0 Å². The molecule has 9 heteroatoms. The van der Waals surface area contributed by atoms with Crippen molar-refractivity contribution < 1.29 is 19.0 Å². The summed E-state index contributed by atoms with van der Waals surface area (Å²) in [5.74, 6) is 1.65. The number of methoxy groups -OCH3 is 1. The van der Waals surface area contributed by atoms with Gasteiger partial charge < -0.3 is 19.5 Å². The Bertz CT molecular complexity index is 1060. The molecule has 1 aliphatic rings. The van der Waals surface area contributed by atoms with Crippen LogP contribution in [0.25, 0.3) is 10.9 Å². The highest BCUT2D eigenvalue weighted by Gasteiger charge is 2.18.